The summed E-state index contributed by atoms with van der Waals surface area (Å²) in [5.74, 6) is 1.47. The number of benzene rings is 3. The van der Waals surface area contributed by atoms with E-state index in [0.717, 1.165) is 24.6 Å². The van der Waals surface area contributed by atoms with Crippen molar-refractivity contribution in [1.29, 1.82) is 0 Å². The van der Waals surface area contributed by atoms with Gasteiger partial charge in [-0.2, -0.15) is 0 Å². The number of likely N-dealkylation sites (tertiary alicyclic amines) is 1. The standard InChI is InChI=1S/C43H62BrNO/c1-11-41(4,5)26-39(37-18-12-31(2)13-19-37)25-38(36-22-14-33(29-44)15-23-36)24-32(3)35-20-16-34(17-21-35)30-46-40-27-42(6,7)45(10)43(8,9)28-40/h12-23,32,38-40H,11,24-30H2,1-10H3. The first-order valence-corrected chi connectivity index (χ1v) is 18.9. The van der Waals surface area contributed by atoms with Gasteiger partial charge in [0.1, 0.15) is 0 Å². The highest BCUT2D eigenvalue weighted by atomic mass is 79.9. The number of rotatable bonds is 14. The van der Waals surface area contributed by atoms with Crippen LogP contribution in [0.4, 0.5) is 0 Å². The van der Waals surface area contributed by atoms with Gasteiger partial charge in [0.2, 0.25) is 0 Å². The molecule has 0 aromatic heterocycles. The maximum atomic E-state index is 6.54. The monoisotopic (exact) mass is 687 g/mol. The van der Waals surface area contributed by atoms with Crippen molar-refractivity contribution in [3.8, 4) is 0 Å². The van der Waals surface area contributed by atoms with E-state index in [1.165, 1.54) is 52.6 Å². The van der Waals surface area contributed by atoms with E-state index in [1.54, 1.807) is 0 Å². The number of halogens is 1. The van der Waals surface area contributed by atoms with Crippen molar-refractivity contribution >= 4 is 15.9 Å². The van der Waals surface area contributed by atoms with Crippen molar-refractivity contribution in [3.63, 3.8) is 0 Å². The number of hydrogen-bond acceptors (Lipinski definition) is 2. The Morgan fingerprint density at radius 1 is 0.783 bits per heavy atom. The maximum Gasteiger partial charge on any atom is 0.0720 e. The first-order valence-electron chi connectivity index (χ1n) is 17.8. The van der Waals surface area contributed by atoms with Gasteiger partial charge in [0.15, 0.2) is 0 Å². The Hall–Kier alpha value is -1.94. The lowest BCUT2D eigenvalue weighted by Crippen LogP contribution is -2.60. The molecule has 1 aliphatic heterocycles. The predicted octanol–water partition coefficient (Wildman–Crippen LogP) is 12.3. The summed E-state index contributed by atoms with van der Waals surface area (Å²) in [5.41, 5.74) is 8.91. The molecule has 2 nitrogen and oxygen atoms in total. The third-order valence-corrected chi connectivity index (χ3v) is 12.1. The lowest BCUT2D eigenvalue weighted by atomic mass is 9.72. The fourth-order valence-corrected chi connectivity index (χ4v) is 8.07. The summed E-state index contributed by atoms with van der Waals surface area (Å²) in [6, 6.07) is 28.1. The zero-order valence-electron chi connectivity index (χ0n) is 30.6. The van der Waals surface area contributed by atoms with Crippen LogP contribution in [0, 0.1) is 12.3 Å². The largest absolute Gasteiger partial charge is 0.373 e. The van der Waals surface area contributed by atoms with Crippen LogP contribution < -0.4 is 0 Å². The molecule has 4 rings (SSSR count). The van der Waals surface area contributed by atoms with Crippen molar-refractivity contribution in [2.24, 2.45) is 5.41 Å². The Balaban J connectivity index is 1.50. The number of piperidine rings is 1. The summed E-state index contributed by atoms with van der Waals surface area (Å²) in [6.07, 6.45) is 7.13. The molecule has 252 valence electrons. The Labute approximate surface area is 290 Å². The zero-order chi connectivity index (χ0) is 33.7. The number of ether oxygens (including phenoxy) is 1. The summed E-state index contributed by atoms with van der Waals surface area (Å²) < 4.78 is 6.54. The van der Waals surface area contributed by atoms with Gasteiger partial charge in [0.25, 0.3) is 0 Å². The fraction of sp³-hybridized carbons (Fsp3) is 0.581. The van der Waals surface area contributed by atoms with Crippen LogP contribution in [-0.2, 0) is 16.7 Å². The minimum absolute atomic E-state index is 0.140. The lowest BCUT2D eigenvalue weighted by molar-refractivity contribution is -0.0962. The maximum absolute atomic E-state index is 6.54. The van der Waals surface area contributed by atoms with Crippen molar-refractivity contribution in [3.05, 3.63) is 106 Å². The van der Waals surface area contributed by atoms with Crippen LogP contribution >= 0.6 is 15.9 Å². The summed E-state index contributed by atoms with van der Waals surface area (Å²) in [7, 11) is 2.26. The van der Waals surface area contributed by atoms with Crippen LogP contribution in [0.25, 0.3) is 0 Å². The van der Waals surface area contributed by atoms with Gasteiger partial charge in [0.05, 0.1) is 12.7 Å². The highest BCUT2D eigenvalue weighted by Gasteiger charge is 2.43. The molecule has 1 aliphatic rings. The molecule has 0 aliphatic carbocycles. The van der Waals surface area contributed by atoms with Gasteiger partial charge in [0, 0.05) is 16.4 Å². The molecule has 3 aromatic rings. The van der Waals surface area contributed by atoms with Crippen molar-refractivity contribution in [2.45, 2.75) is 148 Å². The van der Waals surface area contributed by atoms with Crippen molar-refractivity contribution in [1.82, 2.24) is 4.90 Å². The number of nitrogens with zero attached hydrogens (tertiary/aromatic N) is 1. The van der Waals surface area contributed by atoms with Gasteiger partial charge < -0.3 is 4.74 Å². The smallest absolute Gasteiger partial charge is 0.0720 e. The molecule has 46 heavy (non-hydrogen) atoms. The van der Waals surface area contributed by atoms with Gasteiger partial charge in [-0.25, -0.2) is 0 Å². The molecule has 0 bridgehead atoms. The average Bonchev–Trinajstić information content (AvgIpc) is 3.02. The second-order valence-electron chi connectivity index (χ2n) is 16.5. The Morgan fingerprint density at radius 3 is 1.83 bits per heavy atom. The molecule has 3 atom stereocenters. The van der Waals surface area contributed by atoms with Crippen molar-refractivity contribution in [2.75, 3.05) is 7.05 Å². The Bertz CT molecular complexity index is 1340. The first-order chi connectivity index (χ1) is 21.6. The van der Waals surface area contributed by atoms with Crippen molar-refractivity contribution < 1.29 is 4.74 Å². The summed E-state index contributed by atoms with van der Waals surface area (Å²) in [5, 5.41) is 0.897. The van der Waals surface area contributed by atoms with Gasteiger partial charge >= 0.3 is 0 Å². The third-order valence-electron chi connectivity index (χ3n) is 11.4. The molecule has 1 fully saturated rings. The molecule has 0 N–H and O–H groups in total. The Morgan fingerprint density at radius 2 is 1.28 bits per heavy atom. The van der Waals surface area contributed by atoms with Crippen LogP contribution in [0.1, 0.15) is 145 Å². The quantitative estimate of drug-likeness (QED) is 0.156. The highest BCUT2D eigenvalue weighted by Crippen LogP contribution is 2.43. The van der Waals surface area contributed by atoms with E-state index in [9.17, 15) is 0 Å². The SMILES string of the molecule is CCC(C)(C)CC(CC(CC(C)c1ccc(COC2CC(C)(C)N(C)C(C)(C)C2)cc1)c1ccc(CBr)cc1)c1ccc(C)cc1. The molecular formula is C43H62BrNO. The van der Waals surface area contributed by atoms with E-state index in [1.807, 2.05) is 0 Å². The van der Waals surface area contributed by atoms with E-state index in [2.05, 4.69) is 163 Å². The molecule has 1 saturated heterocycles. The lowest BCUT2D eigenvalue weighted by Gasteiger charge is -2.53. The van der Waals surface area contributed by atoms with E-state index >= 15 is 0 Å². The van der Waals surface area contributed by atoms with Gasteiger partial charge in [-0.1, -0.05) is 128 Å². The topological polar surface area (TPSA) is 12.5 Å². The molecule has 3 unspecified atom stereocenters. The number of alkyl halides is 1. The number of aryl methyl sites for hydroxylation is 1. The molecular weight excluding hydrogens is 626 g/mol. The zero-order valence-corrected chi connectivity index (χ0v) is 32.2. The normalized spacial score (nSPS) is 19.1. The van der Waals surface area contributed by atoms with Crippen LogP contribution in [0.15, 0.2) is 72.8 Å². The molecule has 1 heterocycles. The minimum atomic E-state index is 0.140. The van der Waals surface area contributed by atoms with Gasteiger partial charge in [-0.05, 0) is 125 Å². The van der Waals surface area contributed by atoms with E-state index in [4.69, 9.17) is 4.74 Å². The van der Waals surface area contributed by atoms with Gasteiger partial charge in [-0.15, -0.1) is 0 Å². The molecule has 3 aromatic carbocycles. The third kappa shape index (κ3) is 9.80. The van der Waals surface area contributed by atoms with Crippen LogP contribution in [0.3, 0.4) is 0 Å². The predicted molar refractivity (Wildman–Crippen MR) is 202 cm³/mol. The first kappa shape index (κ1) is 36.9. The summed E-state index contributed by atoms with van der Waals surface area (Å²) in [4.78, 5) is 2.52. The molecule has 0 spiro atoms. The van der Waals surface area contributed by atoms with E-state index < -0.39 is 0 Å². The van der Waals surface area contributed by atoms with E-state index in [-0.39, 0.29) is 17.2 Å². The molecule has 0 radical (unpaired) electrons. The van der Waals surface area contributed by atoms with E-state index in [0.29, 0.717) is 29.8 Å². The second-order valence-corrected chi connectivity index (χ2v) is 17.1. The minimum Gasteiger partial charge on any atom is -0.373 e. The molecule has 0 amide bonds. The average molecular weight is 689 g/mol. The molecule has 0 saturated carbocycles. The fourth-order valence-electron chi connectivity index (χ4n) is 7.69. The van der Waals surface area contributed by atoms with Crippen LogP contribution in [-0.4, -0.2) is 29.1 Å². The Kier molecular flexibility index (Phi) is 12.4. The highest BCUT2D eigenvalue weighted by molar-refractivity contribution is 9.08. The summed E-state index contributed by atoms with van der Waals surface area (Å²) in [6.45, 7) is 21.9. The molecule has 3 heteroatoms. The summed E-state index contributed by atoms with van der Waals surface area (Å²) >= 11 is 3.65. The van der Waals surface area contributed by atoms with Crippen LogP contribution in [0.5, 0.6) is 0 Å². The van der Waals surface area contributed by atoms with Gasteiger partial charge in [-0.3, -0.25) is 4.90 Å². The van der Waals surface area contributed by atoms with Crippen LogP contribution in [0.2, 0.25) is 0 Å². The number of hydrogen-bond donors (Lipinski definition) is 0. The second kappa shape index (κ2) is 15.5.